The molecule has 0 amide bonds. The van der Waals surface area contributed by atoms with E-state index in [9.17, 15) is 0 Å². The fraction of sp³-hybridized carbons (Fsp3) is 0.500. The predicted molar refractivity (Wildman–Crippen MR) is 43.0 cm³/mol. The van der Waals surface area contributed by atoms with Crippen molar-refractivity contribution in [3.63, 3.8) is 0 Å². The summed E-state index contributed by atoms with van der Waals surface area (Å²) < 4.78 is 0. The van der Waals surface area contributed by atoms with Gasteiger partial charge in [0.2, 0.25) is 0 Å². The highest BCUT2D eigenvalue weighted by Crippen LogP contribution is 2.09. The first-order chi connectivity index (χ1) is 4.70. The van der Waals surface area contributed by atoms with Crippen molar-refractivity contribution >= 4 is 0 Å². The van der Waals surface area contributed by atoms with Gasteiger partial charge in [-0.1, -0.05) is 26.5 Å². The van der Waals surface area contributed by atoms with Gasteiger partial charge in [0.05, 0.1) is 0 Å². The monoisotopic (exact) mass is 141 g/mol. The van der Waals surface area contributed by atoms with E-state index < -0.39 is 0 Å². The van der Waals surface area contributed by atoms with Crippen LogP contribution in [-0.4, -0.2) is 0 Å². The first kappa shape index (κ1) is 9.24. The number of rotatable bonds is 4. The topological polar surface area (TPSA) is 35.2 Å². The van der Waals surface area contributed by atoms with E-state index in [1.54, 1.807) is 12.2 Å². The molecule has 0 aliphatic carbocycles. The lowest BCUT2D eigenvalue weighted by atomic mass is 10.1. The van der Waals surface area contributed by atoms with Crippen molar-refractivity contribution in [3.05, 3.63) is 24.5 Å². The quantitative estimate of drug-likeness (QED) is 0.369. The number of allylic oxidation sites excluding steroid dienone is 3. The molecule has 0 aromatic rings. The lowest BCUT2D eigenvalue weighted by molar-refractivity contribution is 0.202. The smallest absolute Gasteiger partial charge is 0.124 e. The van der Waals surface area contributed by atoms with E-state index in [0.29, 0.717) is 5.92 Å². The van der Waals surface area contributed by atoms with Gasteiger partial charge in [-0.3, -0.25) is 0 Å². The molecule has 0 aromatic heterocycles. The van der Waals surface area contributed by atoms with Gasteiger partial charge >= 0.3 is 0 Å². The first-order valence-corrected chi connectivity index (χ1v) is 3.39. The summed E-state index contributed by atoms with van der Waals surface area (Å²) in [5.74, 6) is 6.34. The summed E-state index contributed by atoms with van der Waals surface area (Å²) in [7, 11) is 0. The van der Waals surface area contributed by atoms with Crippen molar-refractivity contribution in [1.82, 2.24) is 0 Å². The van der Waals surface area contributed by atoms with Crippen molar-refractivity contribution in [2.45, 2.75) is 20.3 Å². The lowest BCUT2D eigenvalue weighted by Gasteiger charge is -2.05. The average Bonchev–Trinajstić information content (AvgIpc) is 1.86. The molecule has 0 unspecified atom stereocenters. The van der Waals surface area contributed by atoms with Crippen LogP contribution < -0.4 is 5.90 Å². The molecule has 0 bridgehead atoms. The van der Waals surface area contributed by atoms with Gasteiger partial charge in [-0.25, -0.2) is 0 Å². The summed E-state index contributed by atoms with van der Waals surface area (Å²) in [4.78, 5) is 4.59. The molecule has 0 aliphatic heterocycles. The van der Waals surface area contributed by atoms with Crippen LogP contribution >= 0.6 is 0 Å². The standard InChI is InChI=1S/C8H15NO/c1-4-5-8(10-9)6-7(2)3/h4-5,7H,1,6,9H2,2-3H3/b8-5+. The van der Waals surface area contributed by atoms with Crippen molar-refractivity contribution in [2.75, 3.05) is 0 Å². The lowest BCUT2D eigenvalue weighted by Crippen LogP contribution is -2.01. The summed E-state index contributed by atoms with van der Waals surface area (Å²) in [6, 6.07) is 0. The normalized spacial score (nSPS) is 11.8. The van der Waals surface area contributed by atoms with Gasteiger partial charge in [-0.2, -0.15) is 5.90 Å². The van der Waals surface area contributed by atoms with Crippen molar-refractivity contribution in [1.29, 1.82) is 0 Å². The molecule has 2 nitrogen and oxygen atoms in total. The number of nitrogens with two attached hydrogens (primary N) is 1. The van der Waals surface area contributed by atoms with Crippen molar-refractivity contribution in [3.8, 4) is 0 Å². The summed E-state index contributed by atoms with van der Waals surface area (Å²) in [5.41, 5.74) is 0. The molecular formula is C8H15NO. The maximum absolute atomic E-state index is 4.99. The highest BCUT2D eigenvalue weighted by atomic mass is 16.6. The Hall–Kier alpha value is -0.760. The second-order valence-corrected chi connectivity index (χ2v) is 2.58. The minimum atomic E-state index is 0.565. The maximum atomic E-state index is 4.99. The average molecular weight is 141 g/mol. The summed E-state index contributed by atoms with van der Waals surface area (Å²) >= 11 is 0. The van der Waals surface area contributed by atoms with Crippen LogP contribution in [0.3, 0.4) is 0 Å². The first-order valence-electron chi connectivity index (χ1n) is 3.39. The molecule has 2 heteroatoms. The Morgan fingerprint density at radius 3 is 2.60 bits per heavy atom. The molecule has 58 valence electrons. The van der Waals surface area contributed by atoms with Gasteiger partial charge in [0.1, 0.15) is 5.76 Å². The minimum Gasteiger partial charge on any atom is -0.416 e. The Balaban J connectivity index is 3.82. The van der Waals surface area contributed by atoms with Crippen LogP contribution in [-0.2, 0) is 4.84 Å². The van der Waals surface area contributed by atoms with Crippen LogP contribution in [0.25, 0.3) is 0 Å². The molecule has 0 heterocycles. The van der Waals surface area contributed by atoms with E-state index in [1.165, 1.54) is 0 Å². The van der Waals surface area contributed by atoms with Crippen LogP contribution in [0.4, 0.5) is 0 Å². The van der Waals surface area contributed by atoms with E-state index in [0.717, 1.165) is 12.2 Å². The Bertz CT molecular complexity index is 127. The molecule has 0 aromatic carbocycles. The molecular weight excluding hydrogens is 126 g/mol. The van der Waals surface area contributed by atoms with Crippen LogP contribution in [0.5, 0.6) is 0 Å². The van der Waals surface area contributed by atoms with Gasteiger partial charge < -0.3 is 4.84 Å². The van der Waals surface area contributed by atoms with Gasteiger partial charge in [0.25, 0.3) is 0 Å². The van der Waals surface area contributed by atoms with Gasteiger partial charge in [-0.15, -0.1) is 0 Å². The highest BCUT2D eigenvalue weighted by Gasteiger charge is 1.98. The molecule has 0 saturated carbocycles. The fourth-order valence-corrected chi connectivity index (χ4v) is 0.689. The van der Waals surface area contributed by atoms with E-state index in [2.05, 4.69) is 25.3 Å². The van der Waals surface area contributed by atoms with Crippen LogP contribution in [0, 0.1) is 5.92 Å². The van der Waals surface area contributed by atoms with Gasteiger partial charge in [0, 0.05) is 6.42 Å². The minimum absolute atomic E-state index is 0.565. The van der Waals surface area contributed by atoms with Crippen molar-refractivity contribution in [2.24, 2.45) is 11.8 Å². The Kier molecular flexibility index (Phi) is 4.67. The maximum Gasteiger partial charge on any atom is 0.124 e. The third-order valence-electron chi connectivity index (χ3n) is 1.06. The Morgan fingerprint density at radius 1 is 1.70 bits per heavy atom. The van der Waals surface area contributed by atoms with Crippen LogP contribution in [0.1, 0.15) is 20.3 Å². The largest absolute Gasteiger partial charge is 0.416 e. The van der Waals surface area contributed by atoms with Gasteiger partial charge in [-0.05, 0) is 12.0 Å². The fourth-order valence-electron chi connectivity index (χ4n) is 0.689. The van der Waals surface area contributed by atoms with E-state index in [4.69, 9.17) is 5.90 Å². The summed E-state index contributed by atoms with van der Waals surface area (Å²) in [5, 5.41) is 0. The van der Waals surface area contributed by atoms with E-state index in [1.807, 2.05) is 0 Å². The molecule has 10 heavy (non-hydrogen) atoms. The zero-order chi connectivity index (χ0) is 7.98. The molecule has 2 N–H and O–H groups in total. The second-order valence-electron chi connectivity index (χ2n) is 2.58. The third-order valence-corrected chi connectivity index (χ3v) is 1.06. The summed E-state index contributed by atoms with van der Waals surface area (Å²) in [6.45, 7) is 7.76. The molecule has 0 saturated heterocycles. The van der Waals surface area contributed by atoms with E-state index in [-0.39, 0.29) is 0 Å². The molecule has 0 aliphatic rings. The molecule has 0 fully saturated rings. The van der Waals surface area contributed by atoms with Crippen LogP contribution in [0.15, 0.2) is 24.5 Å². The Morgan fingerprint density at radius 2 is 2.30 bits per heavy atom. The van der Waals surface area contributed by atoms with Gasteiger partial charge in [0.15, 0.2) is 0 Å². The molecule has 0 rings (SSSR count). The predicted octanol–water partition coefficient (Wildman–Crippen LogP) is 1.99. The zero-order valence-corrected chi connectivity index (χ0v) is 6.63. The second kappa shape index (κ2) is 5.06. The molecule has 0 radical (unpaired) electrons. The van der Waals surface area contributed by atoms with E-state index >= 15 is 0 Å². The molecule has 0 spiro atoms. The SMILES string of the molecule is C=C/C=C(\CC(C)C)ON. The summed E-state index contributed by atoms with van der Waals surface area (Å²) in [6.07, 6.45) is 4.31. The van der Waals surface area contributed by atoms with Crippen molar-refractivity contribution < 1.29 is 4.84 Å². The third kappa shape index (κ3) is 4.15. The number of hydrogen-bond donors (Lipinski definition) is 1. The van der Waals surface area contributed by atoms with Crippen LogP contribution in [0.2, 0.25) is 0 Å². The zero-order valence-electron chi connectivity index (χ0n) is 6.63. The molecule has 0 atom stereocenters. The highest BCUT2D eigenvalue weighted by molar-refractivity contribution is 5.04. The Labute approximate surface area is 62.3 Å². The number of hydrogen-bond acceptors (Lipinski definition) is 2.